The minimum atomic E-state index is 0.512. The van der Waals surface area contributed by atoms with Crippen molar-refractivity contribution in [2.45, 2.75) is 32.1 Å². The van der Waals surface area contributed by atoms with Crippen molar-refractivity contribution in [3.8, 4) is 17.1 Å². The van der Waals surface area contributed by atoms with Crippen molar-refractivity contribution in [3.63, 3.8) is 0 Å². The quantitative estimate of drug-likeness (QED) is 0.315. The number of hydrogen-bond acceptors (Lipinski definition) is 8. The summed E-state index contributed by atoms with van der Waals surface area (Å²) in [6.07, 6.45) is 8.33. The molecule has 0 radical (unpaired) electrons. The van der Waals surface area contributed by atoms with E-state index < -0.39 is 0 Å². The van der Waals surface area contributed by atoms with Gasteiger partial charge in [-0.2, -0.15) is 15.0 Å². The fourth-order valence-corrected chi connectivity index (χ4v) is 3.77. The Balaban J connectivity index is 1.33. The number of hydrogen-bond donors (Lipinski definition) is 2. The zero-order chi connectivity index (χ0) is 23.2. The van der Waals surface area contributed by atoms with Gasteiger partial charge in [-0.25, -0.2) is 4.98 Å². The molecule has 174 valence electrons. The third kappa shape index (κ3) is 5.70. The summed E-state index contributed by atoms with van der Waals surface area (Å²) >= 11 is 0. The van der Waals surface area contributed by atoms with E-state index >= 15 is 0 Å². The van der Waals surface area contributed by atoms with Crippen molar-refractivity contribution in [1.29, 1.82) is 0 Å². The Morgan fingerprint density at radius 2 is 1.85 bits per heavy atom. The fraction of sp³-hybridized carbons (Fsp3) is 0.308. The molecule has 1 aliphatic rings. The maximum Gasteiger partial charge on any atom is 0.232 e. The topological polar surface area (TPSA) is 98.0 Å². The van der Waals surface area contributed by atoms with Crippen LogP contribution < -0.4 is 15.4 Å². The van der Waals surface area contributed by atoms with Crippen LogP contribution in [-0.4, -0.2) is 33.6 Å². The van der Waals surface area contributed by atoms with Crippen LogP contribution in [0.4, 0.5) is 17.6 Å². The highest BCUT2D eigenvalue weighted by Gasteiger charge is 2.21. The Kier molecular flexibility index (Phi) is 6.65. The Morgan fingerprint density at radius 3 is 2.62 bits per heavy atom. The largest absolute Gasteiger partial charge is 0.496 e. The van der Waals surface area contributed by atoms with E-state index in [9.17, 15) is 0 Å². The molecule has 0 atom stereocenters. The van der Waals surface area contributed by atoms with Crippen LogP contribution in [0, 0.1) is 5.92 Å². The summed E-state index contributed by atoms with van der Waals surface area (Å²) in [4.78, 5) is 18.0. The predicted molar refractivity (Wildman–Crippen MR) is 131 cm³/mol. The molecule has 0 unspecified atom stereocenters. The molecule has 0 amide bonds. The summed E-state index contributed by atoms with van der Waals surface area (Å²) in [5.41, 5.74) is 2.96. The number of nitrogens with one attached hydrogen (secondary N) is 2. The molecule has 2 aromatic carbocycles. The molecule has 0 saturated heterocycles. The Morgan fingerprint density at radius 1 is 1.00 bits per heavy atom. The first-order valence-corrected chi connectivity index (χ1v) is 11.6. The highest BCUT2D eigenvalue weighted by molar-refractivity contribution is 5.70. The van der Waals surface area contributed by atoms with Crippen LogP contribution >= 0.6 is 0 Å². The molecule has 2 aromatic heterocycles. The van der Waals surface area contributed by atoms with Gasteiger partial charge in [0.15, 0.2) is 12.2 Å². The number of anilines is 3. The molecule has 2 heterocycles. The first-order valence-electron chi connectivity index (χ1n) is 11.6. The van der Waals surface area contributed by atoms with Gasteiger partial charge in [0.1, 0.15) is 11.6 Å². The maximum atomic E-state index is 5.57. The molecule has 0 bridgehead atoms. The number of rotatable bonds is 11. The summed E-state index contributed by atoms with van der Waals surface area (Å²) < 4.78 is 11.0. The summed E-state index contributed by atoms with van der Waals surface area (Å²) in [6, 6.07) is 16.3. The van der Waals surface area contributed by atoms with E-state index in [0.29, 0.717) is 23.4 Å². The number of nitrogens with zero attached hydrogens (tertiary/aromatic N) is 4. The van der Waals surface area contributed by atoms with Gasteiger partial charge in [-0.05, 0) is 49.3 Å². The molecule has 34 heavy (non-hydrogen) atoms. The molecule has 5 rings (SSSR count). The van der Waals surface area contributed by atoms with Crippen LogP contribution in [0.25, 0.3) is 11.3 Å². The lowest BCUT2D eigenvalue weighted by atomic mass is 10.1. The Labute approximate surface area is 198 Å². The zero-order valence-electron chi connectivity index (χ0n) is 19.2. The maximum absolute atomic E-state index is 5.57. The van der Waals surface area contributed by atoms with E-state index in [1.54, 1.807) is 13.3 Å². The number of benzene rings is 2. The van der Waals surface area contributed by atoms with Crippen LogP contribution in [0.2, 0.25) is 0 Å². The van der Waals surface area contributed by atoms with Crippen LogP contribution in [-0.2, 0) is 12.8 Å². The molecule has 8 nitrogen and oxygen atoms in total. The van der Waals surface area contributed by atoms with Crippen molar-refractivity contribution in [3.05, 3.63) is 72.5 Å². The van der Waals surface area contributed by atoms with Gasteiger partial charge < -0.3 is 19.8 Å². The SMILES string of the molecule is COc1cc(Nc2nc(CCCc3ccccc3)nc(NCC3CC3)n2)ccc1-c1cnco1. The first kappa shape index (κ1) is 21.9. The van der Waals surface area contributed by atoms with E-state index in [-0.39, 0.29) is 0 Å². The number of aromatic nitrogens is 4. The van der Waals surface area contributed by atoms with Gasteiger partial charge in [0.25, 0.3) is 0 Å². The highest BCUT2D eigenvalue weighted by atomic mass is 16.5. The average Bonchev–Trinajstić information content (AvgIpc) is 3.54. The zero-order valence-corrected chi connectivity index (χ0v) is 19.2. The fourth-order valence-electron chi connectivity index (χ4n) is 3.77. The smallest absolute Gasteiger partial charge is 0.232 e. The molecular formula is C26H28N6O2. The lowest BCUT2D eigenvalue weighted by molar-refractivity contribution is 0.415. The molecule has 2 N–H and O–H groups in total. The van der Waals surface area contributed by atoms with E-state index in [1.165, 1.54) is 24.8 Å². The Hall–Kier alpha value is -3.94. The van der Waals surface area contributed by atoms with Crippen LogP contribution in [0.5, 0.6) is 5.75 Å². The van der Waals surface area contributed by atoms with E-state index in [4.69, 9.17) is 9.15 Å². The van der Waals surface area contributed by atoms with Crippen LogP contribution in [0.3, 0.4) is 0 Å². The molecular weight excluding hydrogens is 428 g/mol. The molecule has 4 aromatic rings. The standard InChI is InChI=1S/C26H28N6O2/c1-33-22-14-20(12-13-21(22)23-16-27-17-34-23)29-26-31-24(9-5-8-18-6-3-2-4-7-18)30-25(32-26)28-15-19-10-11-19/h2-4,6-7,12-14,16-17,19H,5,8-11,15H2,1H3,(H2,28,29,30,31,32). The van der Waals surface area contributed by atoms with Gasteiger partial charge in [0.05, 0.1) is 18.9 Å². The molecule has 1 saturated carbocycles. The second kappa shape index (κ2) is 10.3. The van der Waals surface area contributed by atoms with Crippen LogP contribution in [0.1, 0.15) is 30.7 Å². The second-order valence-corrected chi connectivity index (χ2v) is 8.47. The molecule has 0 spiro atoms. The number of ether oxygens (including phenoxy) is 1. The van der Waals surface area contributed by atoms with Crippen molar-refractivity contribution in [1.82, 2.24) is 19.9 Å². The van der Waals surface area contributed by atoms with Crippen molar-refractivity contribution < 1.29 is 9.15 Å². The minimum Gasteiger partial charge on any atom is -0.496 e. The summed E-state index contributed by atoms with van der Waals surface area (Å²) in [5, 5.41) is 6.70. The van der Waals surface area contributed by atoms with Gasteiger partial charge in [-0.15, -0.1) is 0 Å². The molecule has 0 aliphatic heterocycles. The number of aryl methyl sites for hydroxylation is 2. The molecule has 1 aliphatic carbocycles. The Bertz CT molecular complexity index is 1210. The van der Waals surface area contributed by atoms with Gasteiger partial charge in [-0.1, -0.05) is 30.3 Å². The van der Waals surface area contributed by atoms with Crippen molar-refractivity contribution in [2.24, 2.45) is 5.92 Å². The second-order valence-electron chi connectivity index (χ2n) is 8.47. The lowest BCUT2D eigenvalue weighted by Gasteiger charge is -2.12. The van der Waals surface area contributed by atoms with Gasteiger partial charge in [0.2, 0.25) is 11.9 Å². The van der Waals surface area contributed by atoms with Gasteiger partial charge in [-0.3, -0.25) is 0 Å². The summed E-state index contributed by atoms with van der Waals surface area (Å²) in [7, 11) is 1.63. The van der Waals surface area contributed by atoms with E-state index in [2.05, 4.69) is 54.8 Å². The van der Waals surface area contributed by atoms with Crippen LogP contribution in [0.15, 0.2) is 65.5 Å². The normalized spacial score (nSPS) is 13.0. The predicted octanol–water partition coefficient (Wildman–Crippen LogP) is 5.28. The van der Waals surface area contributed by atoms with Crippen molar-refractivity contribution in [2.75, 3.05) is 24.3 Å². The number of methoxy groups -OCH3 is 1. The average molecular weight is 457 g/mol. The summed E-state index contributed by atoms with van der Waals surface area (Å²) in [6.45, 7) is 0.895. The van der Waals surface area contributed by atoms with Gasteiger partial charge >= 0.3 is 0 Å². The highest BCUT2D eigenvalue weighted by Crippen LogP contribution is 2.33. The monoisotopic (exact) mass is 456 g/mol. The molecule has 1 fully saturated rings. The third-order valence-corrected chi connectivity index (χ3v) is 5.79. The number of oxazole rings is 1. The third-order valence-electron chi connectivity index (χ3n) is 5.79. The van der Waals surface area contributed by atoms with Gasteiger partial charge in [0, 0.05) is 24.7 Å². The molecule has 8 heteroatoms. The lowest BCUT2D eigenvalue weighted by Crippen LogP contribution is -2.12. The van der Waals surface area contributed by atoms with E-state index in [1.807, 2.05) is 24.3 Å². The summed E-state index contributed by atoms with van der Waals surface area (Å²) in [5.74, 6) is 3.95. The van der Waals surface area contributed by atoms with Crippen molar-refractivity contribution >= 4 is 17.6 Å². The first-order chi connectivity index (χ1) is 16.8. The van der Waals surface area contributed by atoms with E-state index in [0.717, 1.165) is 48.8 Å². The minimum absolute atomic E-state index is 0.512.